The van der Waals surface area contributed by atoms with Gasteiger partial charge in [-0.1, -0.05) is 0 Å². The first-order chi connectivity index (χ1) is 6.01. The predicted octanol–water partition coefficient (Wildman–Crippen LogP) is 1.78. The first kappa shape index (κ1) is 9.99. The molecule has 0 unspecified atom stereocenters. The number of nitrogens with one attached hydrogen (secondary N) is 1. The van der Waals surface area contributed by atoms with Gasteiger partial charge in [0.25, 0.3) is 0 Å². The lowest BCUT2D eigenvalue weighted by atomic mass is 10.1. The number of nitrogens with zero attached hydrogens (tertiary/aromatic N) is 1. The number of aromatic nitrogens is 1. The molecule has 0 bridgehead atoms. The number of anilines is 1. The molecule has 0 amide bonds. The molecule has 0 spiro atoms. The third kappa shape index (κ3) is 3.42. The lowest BCUT2D eigenvalue weighted by Gasteiger charge is -2.21. The van der Waals surface area contributed by atoms with E-state index in [1.807, 2.05) is 6.07 Å². The van der Waals surface area contributed by atoms with E-state index in [-0.39, 0.29) is 12.1 Å². The fourth-order valence-electron chi connectivity index (χ4n) is 1.03. The van der Waals surface area contributed by atoms with Gasteiger partial charge in [0.1, 0.15) is 5.82 Å². The van der Waals surface area contributed by atoms with Crippen LogP contribution in [0.25, 0.3) is 0 Å². The molecule has 0 aromatic carbocycles. The van der Waals surface area contributed by atoms with Crippen LogP contribution in [0, 0.1) is 0 Å². The molecule has 0 saturated carbocycles. The molecule has 1 aromatic heterocycles. The van der Waals surface area contributed by atoms with Crippen molar-refractivity contribution in [1.29, 1.82) is 0 Å². The molecule has 0 aliphatic heterocycles. The Labute approximate surface area is 78.8 Å². The molecule has 0 aliphatic carbocycles. The molecule has 1 aromatic rings. The molecule has 1 heterocycles. The Morgan fingerprint density at radius 2 is 2.15 bits per heavy atom. The van der Waals surface area contributed by atoms with Crippen LogP contribution in [0.5, 0.6) is 0 Å². The fraction of sp³-hybridized carbons (Fsp3) is 0.500. The summed E-state index contributed by atoms with van der Waals surface area (Å²) in [5.41, 5.74) is 0.878. The van der Waals surface area contributed by atoms with E-state index in [9.17, 15) is 0 Å². The summed E-state index contributed by atoms with van der Waals surface area (Å²) in [6.45, 7) is 6.27. The molecule has 3 heteroatoms. The Kier molecular flexibility index (Phi) is 2.88. The second-order valence-corrected chi connectivity index (χ2v) is 4.08. The van der Waals surface area contributed by atoms with Crippen molar-refractivity contribution in [3.8, 4) is 0 Å². The van der Waals surface area contributed by atoms with Crippen LogP contribution in [0.15, 0.2) is 18.3 Å². The van der Waals surface area contributed by atoms with Gasteiger partial charge in [-0.15, -0.1) is 0 Å². The Bertz CT molecular complexity index is 278. The largest absolute Gasteiger partial charge is 0.392 e. The van der Waals surface area contributed by atoms with Gasteiger partial charge < -0.3 is 10.4 Å². The maximum absolute atomic E-state index is 8.90. The zero-order chi connectivity index (χ0) is 9.90. The molecular formula is C10H16N2O. The van der Waals surface area contributed by atoms with Crippen molar-refractivity contribution < 1.29 is 5.11 Å². The zero-order valence-corrected chi connectivity index (χ0v) is 8.33. The molecule has 0 saturated heterocycles. The maximum atomic E-state index is 8.90. The number of pyridine rings is 1. The third-order valence-electron chi connectivity index (χ3n) is 1.51. The lowest BCUT2D eigenvalue weighted by Crippen LogP contribution is -2.26. The van der Waals surface area contributed by atoms with Crippen molar-refractivity contribution in [3.05, 3.63) is 23.9 Å². The van der Waals surface area contributed by atoms with Gasteiger partial charge in [-0.25, -0.2) is 4.98 Å². The van der Waals surface area contributed by atoms with Gasteiger partial charge >= 0.3 is 0 Å². The molecule has 0 radical (unpaired) electrons. The molecule has 13 heavy (non-hydrogen) atoms. The van der Waals surface area contributed by atoms with Crippen LogP contribution in [-0.4, -0.2) is 15.6 Å². The van der Waals surface area contributed by atoms with Crippen LogP contribution >= 0.6 is 0 Å². The van der Waals surface area contributed by atoms with Gasteiger partial charge in [0, 0.05) is 11.7 Å². The molecular weight excluding hydrogens is 164 g/mol. The van der Waals surface area contributed by atoms with E-state index in [0.717, 1.165) is 11.4 Å². The number of hydrogen-bond acceptors (Lipinski definition) is 3. The summed E-state index contributed by atoms with van der Waals surface area (Å²) in [6, 6.07) is 3.65. The highest BCUT2D eigenvalue weighted by atomic mass is 16.3. The van der Waals surface area contributed by atoms with Crippen molar-refractivity contribution in [1.82, 2.24) is 4.98 Å². The van der Waals surface area contributed by atoms with E-state index < -0.39 is 0 Å². The molecule has 1 rings (SSSR count). The second kappa shape index (κ2) is 3.75. The van der Waals surface area contributed by atoms with Gasteiger partial charge in [-0.2, -0.15) is 0 Å². The van der Waals surface area contributed by atoms with Crippen LogP contribution < -0.4 is 5.32 Å². The minimum absolute atomic E-state index is 0.00107. The Morgan fingerprint density at radius 1 is 1.46 bits per heavy atom. The average molecular weight is 180 g/mol. The molecule has 0 aliphatic rings. The highest BCUT2D eigenvalue weighted by molar-refractivity contribution is 5.39. The summed E-state index contributed by atoms with van der Waals surface area (Å²) >= 11 is 0. The van der Waals surface area contributed by atoms with Crippen LogP contribution in [0.1, 0.15) is 26.3 Å². The van der Waals surface area contributed by atoms with Gasteiger partial charge in [0.2, 0.25) is 0 Å². The SMILES string of the molecule is CC(C)(C)Nc1cc(CO)ccn1. The second-order valence-electron chi connectivity index (χ2n) is 4.08. The number of aliphatic hydroxyl groups excluding tert-OH is 1. The number of aliphatic hydroxyl groups is 1. The van der Waals surface area contributed by atoms with E-state index in [0.29, 0.717) is 0 Å². The van der Waals surface area contributed by atoms with Crippen LogP contribution in [-0.2, 0) is 6.61 Å². The van der Waals surface area contributed by atoms with E-state index in [4.69, 9.17) is 5.11 Å². The molecule has 2 N–H and O–H groups in total. The van der Waals surface area contributed by atoms with Crippen LogP contribution in [0.3, 0.4) is 0 Å². The summed E-state index contributed by atoms with van der Waals surface area (Å²) < 4.78 is 0. The fourth-order valence-corrected chi connectivity index (χ4v) is 1.03. The summed E-state index contributed by atoms with van der Waals surface area (Å²) in [5, 5.41) is 12.1. The molecule has 3 nitrogen and oxygen atoms in total. The van der Waals surface area contributed by atoms with Gasteiger partial charge in [0.15, 0.2) is 0 Å². The van der Waals surface area contributed by atoms with Gasteiger partial charge in [0.05, 0.1) is 6.61 Å². The summed E-state index contributed by atoms with van der Waals surface area (Å²) in [7, 11) is 0. The van der Waals surface area contributed by atoms with E-state index in [1.54, 1.807) is 12.3 Å². The van der Waals surface area contributed by atoms with Crippen molar-refractivity contribution in [3.63, 3.8) is 0 Å². The van der Waals surface area contributed by atoms with Crippen molar-refractivity contribution >= 4 is 5.82 Å². The third-order valence-corrected chi connectivity index (χ3v) is 1.51. The predicted molar refractivity (Wildman–Crippen MR) is 53.5 cm³/mol. The zero-order valence-electron chi connectivity index (χ0n) is 8.33. The van der Waals surface area contributed by atoms with E-state index in [2.05, 4.69) is 31.1 Å². The monoisotopic (exact) mass is 180 g/mol. The first-order valence-corrected chi connectivity index (χ1v) is 4.35. The van der Waals surface area contributed by atoms with E-state index in [1.165, 1.54) is 0 Å². The van der Waals surface area contributed by atoms with Crippen molar-refractivity contribution in [2.75, 3.05) is 5.32 Å². The average Bonchev–Trinajstić information content (AvgIpc) is 2.01. The minimum Gasteiger partial charge on any atom is -0.392 e. The maximum Gasteiger partial charge on any atom is 0.126 e. The quantitative estimate of drug-likeness (QED) is 0.729. The van der Waals surface area contributed by atoms with E-state index >= 15 is 0 Å². The normalized spacial score (nSPS) is 11.4. The first-order valence-electron chi connectivity index (χ1n) is 4.35. The van der Waals surface area contributed by atoms with Crippen molar-refractivity contribution in [2.24, 2.45) is 0 Å². The minimum atomic E-state index is 0.00107. The molecule has 72 valence electrons. The van der Waals surface area contributed by atoms with Crippen LogP contribution in [0.4, 0.5) is 5.82 Å². The lowest BCUT2D eigenvalue weighted by molar-refractivity contribution is 0.282. The Morgan fingerprint density at radius 3 is 2.69 bits per heavy atom. The number of hydrogen-bond donors (Lipinski definition) is 2. The Balaban J connectivity index is 2.78. The van der Waals surface area contributed by atoms with Crippen LogP contribution in [0.2, 0.25) is 0 Å². The molecule has 0 fully saturated rings. The molecule has 0 atom stereocenters. The summed E-state index contributed by atoms with van der Waals surface area (Å²) in [5.74, 6) is 0.805. The smallest absolute Gasteiger partial charge is 0.126 e. The summed E-state index contributed by atoms with van der Waals surface area (Å²) in [4.78, 5) is 4.15. The Hall–Kier alpha value is -1.09. The van der Waals surface area contributed by atoms with Crippen molar-refractivity contribution in [2.45, 2.75) is 32.9 Å². The standard InChI is InChI=1S/C10H16N2O/c1-10(2,3)12-9-6-8(7-13)4-5-11-9/h4-6,13H,7H2,1-3H3,(H,11,12). The highest BCUT2D eigenvalue weighted by Gasteiger charge is 2.09. The van der Waals surface area contributed by atoms with Gasteiger partial charge in [-0.05, 0) is 38.5 Å². The highest BCUT2D eigenvalue weighted by Crippen LogP contribution is 2.12. The summed E-state index contributed by atoms with van der Waals surface area (Å²) in [6.07, 6.45) is 1.69. The van der Waals surface area contributed by atoms with Gasteiger partial charge in [-0.3, -0.25) is 0 Å². The topological polar surface area (TPSA) is 45.1 Å². The number of rotatable bonds is 2.